The average molecular weight is 276 g/mol. The van der Waals surface area contributed by atoms with Crippen molar-refractivity contribution in [2.24, 2.45) is 0 Å². The number of furan rings is 1. The van der Waals surface area contributed by atoms with Gasteiger partial charge in [0, 0.05) is 19.2 Å². The van der Waals surface area contributed by atoms with E-state index in [1.165, 1.54) is 0 Å². The van der Waals surface area contributed by atoms with Crippen molar-refractivity contribution in [3.05, 3.63) is 36.0 Å². The summed E-state index contributed by atoms with van der Waals surface area (Å²) in [5.74, 6) is 2.71. The fourth-order valence-corrected chi connectivity index (χ4v) is 1.87. The van der Waals surface area contributed by atoms with Gasteiger partial charge in [-0.1, -0.05) is 0 Å². The lowest BCUT2D eigenvalue weighted by molar-refractivity contribution is 0.128. The predicted molar refractivity (Wildman–Crippen MR) is 77.2 cm³/mol. The van der Waals surface area contributed by atoms with E-state index < -0.39 is 0 Å². The number of anilines is 2. The number of nitrogens with zero attached hydrogens (tertiary/aromatic N) is 3. The zero-order valence-corrected chi connectivity index (χ0v) is 11.9. The van der Waals surface area contributed by atoms with Gasteiger partial charge >= 0.3 is 0 Å². The third-order valence-electron chi connectivity index (χ3n) is 2.85. The van der Waals surface area contributed by atoms with Gasteiger partial charge < -0.3 is 19.8 Å². The maximum absolute atomic E-state index is 5.84. The molecule has 2 aromatic heterocycles. The van der Waals surface area contributed by atoms with Crippen molar-refractivity contribution in [3.63, 3.8) is 0 Å². The molecule has 6 nitrogen and oxygen atoms in total. The summed E-state index contributed by atoms with van der Waals surface area (Å²) in [6.07, 6.45) is 1.66. The van der Waals surface area contributed by atoms with Crippen LogP contribution in [0, 0.1) is 0 Å². The van der Waals surface area contributed by atoms with Gasteiger partial charge in [0.05, 0.1) is 12.8 Å². The standard InChI is InChI=1S/C14H20N4O2/c1-3-18(9-11-6-5-7-20-11)14-8-12(15)16-13(17-14)10-19-4-2/h5-8H,3-4,9-10H2,1-2H3,(H2,15,16,17). The van der Waals surface area contributed by atoms with Crippen LogP contribution in [0.2, 0.25) is 0 Å². The van der Waals surface area contributed by atoms with E-state index in [1.807, 2.05) is 19.1 Å². The molecule has 0 aliphatic heterocycles. The first-order valence-corrected chi connectivity index (χ1v) is 6.71. The lowest BCUT2D eigenvalue weighted by Gasteiger charge is -2.21. The molecule has 0 fully saturated rings. The van der Waals surface area contributed by atoms with Gasteiger partial charge in [0.25, 0.3) is 0 Å². The summed E-state index contributed by atoms with van der Waals surface area (Å²) in [6, 6.07) is 5.58. The number of rotatable bonds is 7. The first kappa shape index (κ1) is 14.3. The third kappa shape index (κ3) is 3.71. The van der Waals surface area contributed by atoms with Crippen molar-refractivity contribution >= 4 is 11.6 Å². The SMILES string of the molecule is CCOCc1nc(N)cc(N(CC)Cc2ccco2)n1. The Kier molecular flexibility index (Phi) is 4.95. The number of nitrogen functional groups attached to an aromatic ring is 1. The molecule has 2 N–H and O–H groups in total. The quantitative estimate of drug-likeness (QED) is 0.835. The van der Waals surface area contributed by atoms with Gasteiger partial charge in [-0.25, -0.2) is 9.97 Å². The molecular formula is C14H20N4O2. The topological polar surface area (TPSA) is 77.4 Å². The molecule has 0 aliphatic carbocycles. The molecule has 0 aromatic carbocycles. The van der Waals surface area contributed by atoms with E-state index in [1.54, 1.807) is 12.3 Å². The molecule has 0 unspecified atom stereocenters. The van der Waals surface area contributed by atoms with Crippen molar-refractivity contribution in [2.45, 2.75) is 27.0 Å². The van der Waals surface area contributed by atoms with Crippen molar-refractivity contribution in [2.75, 3.05) is 23.8 Å². The summed E-state index contributed by atoms with van der Waals surface area (Å²) in [6.45, 7) is 6.43. The fraction of sp³-hybridized carbons (Fsp3) is 0.429. The second kappa shape index (κ2) is 6.91. The Balaban J connectivity index is 2.17. The minimum atomic E-state index is 0.368. The van der Waals surface area contributed by atoms with Gasteiger partial charge in [-0.05, 0) is 26.0 Å². The van der Waals surface area contributed by atoms with Gasteiger partial charge in [0.2, 0.25) is 0 Å². The highest BCUT2D eigenvalue weighted by molar-refractivity contribution is 5.47. The van der Waals surface area contributed by atoms with E-state index in [2.05, 4.69) is 21.8 Å². The third-order valence-corrected chi connectivity index (χ3v) is 2.85. The van der Waals surface area contributed by atoms with Crippen LogP contribution in [0.3, 0.4) is 0 Å². The largest absolute Gasteiger partial charge is 0.467 e. The Labute approximate surface area is 118 Å². The molecule has 0 radical (unpaired) electrons. The molecule has 0 aliphatic rings. The van der Waals surface area contributed by atoms with Crippen molar-refractivity contribution in [3.8, 4) is 0 Å². The van der Waals surface area contributed by atoms with Crippen LogP contribution >= 0.6 is 0 Å². The summed E-state index contributed by atoms with van der Waals surface area (Å²) in [5, 5.41) is 0. The number of ether oxygens (including phenoxy) is 1. The van der Waals surface area contributed by atoms with Crippen molar-refractivity contribution in [1.29, 1.82) is 0 Å². The summed E-state index contributed by atoms with van der Waals surface area (Å²) in [5.41, 5.74) is 5.84. The highest BCUT2D eigenvalue weighted by Crippen LogP contribution is 2.17. The molecule has 0 saturated carbocycles. The summed E-state index contributed by atoms with van der Waals surface area (Å²) in [4.78, 5) is 10.7. The van der Waals surface area contributed by atoms with Gasteiger partial charge in [0.1, 0.15) is 24.0 Å². The van der Waals surface area contributed by atoms with E-state index in [4.69, 9.17) is 14.9 Å². The van der Waals surface area contributed by atoms with Crippen LogP contribution < -0.4 is 10.6 Å². The van der Waals surface area contributed by atoms with Crippen LogP contribution in [0.15, 0.2) is 28.9 Å². The van der Waals surface area contributed by atoms with Gasteiger partial charge in [-0.2, -0.15) is 0 Å². The van der Waals surface area contributed by atoms with E-state index in [-0.39, 0.29) is 0 Å². The van der Waals surface area contributed by atoms with E-state index in [0.717, 1.165) is 18.1 Å². The predicted octanol–water partition coefficient (Wildman–Crippen LogP) is 2.21. The van der Waals surface area contributed by atoms with Gasteiger partial charge in [0.15, 0.2) is 5.82 Å². The Bertz CT molecular complexity index is 528. The summed E-state index contributed by atoms with van der Waals surface area (Å²) >= 11 is 0. The van der Waals surface area contributed by atoms with E-state index >= 15 is 0 Å². The minimum absolute atomic E-state index is 0.368. The van der Waals surface area contributed by atoms with Gasteiger partial charge in [-0.3, -0.25) is 0 Å². The monoisotopic (exact) mass is 276 g/mol. The Morgan fingerprint density at radius 1 is 1.35 bits per heavy atom. The first-order chi connectivity index (χ1) is 9.72. The van der Waals surface area contributed by atoms with Crippen molar-refractivity contribution < 1.29 is 9.15 Å². The smallest absolute Gasteiger partial charge is 0.158 e. The maximum Gasteiger partial charge on any atom is 0.158 e. The maximum atomic E-state index is 5.84. The highest BCUT2D eigenvalue weighted by atomic mass is 16.5. The van der Waals surface area contributed by atoms with E-state index in [0.29, 0.717) is 31.4 Å². The molecule has 6 heteroatoms. The van der Waals surface area contributed by atoms with Crippen LogP contribution in [0.5, 0.6) is 0 Å². The zero-order chi connectivity index (χ0) is 14.4. The average Bonchev–Trinajstić information content (AvgIpc) is 2.95. The van der Waals surface area contributed by atoms with Crippen LogP contribution in [-0.4, -0.2) is 23.1 Å². The minimum Gasteiger partial charge on any atom is -0.467 e. The molecule has 2 aromatic rings. The molecule has 2 rings (SSSR count). The molecule has 2 heterocycles. The molecule has 0 saturated heterocycles. The highest BCUT2D eigenvalue weighted by Gasteiger charge is 2.11. The second-order valence-electron chi connectivity index (χ2n) is 4.30. The van der Waals surface area contributed by atoms with Crippen molar-refractivity contribution in [1.82, 2.24) is 9.97 Å². The van der Waals surface area contributed by atoms with Gasteiger partial charge in [-0.15, -0.1) is 0 Å². The summed E-state index contributed by atoms with van der Waals surface area (Å²) < 4.78 is 10.7. The molecule has 20 heavy (non-hydrogen) atoms. The first-order valence-electron chi connectivity index (χ1n) is 6.71. The number of aromatic nitrogens is 2. The molecule has 108 valence electrons. The summed E-state index contributed by atoms with van der Waals surface area (Å²) in [7, 11) is 0. The number of hydrogen-bond donors (Lipinski definition) is 1. The lowest BCUT2D eigenvalue weighted by Crippen LogP contribution is -2.23. The van der Waals surface area contributed by atoms with Crippen LogP contribution in [-0.2, 0) is 17.9 Å². The fourth-order valence-electron chi connectivity index (χ4n) is 1.87. The Morgan fingerprint density at radius 2 is 2.20 bits per heavy atom. The normalized spacial score (nSPS) is 10.7. The Hall–Kier alpha value is -2.08. The van der Waals surface area contributed by atoms with E-state index in [9.17, 15) is 0 Å². The number of hydrogen-bond acceptors (Lipinski definition) is 6. The Morgan fingerprint density at radius 3 is 2.85 bits per heavy atom. The lowest BCUT2D eigenvalue weighted by atomic mass is 10.3. The second-order valence-corrected chi connectivity index (χ2v) is 4.30. The molecule has 0 spiro atoms. The number of nitrogens with two attached hydrogens (primary N) is 1. The molecule has 0 atom stereocenters. The van der Waals surface area contributed by atoms with Crippen LogP contribution in [0.25, 0.3) is 0 Å². The zero-order valence-electron chi connectivity index (χ0n) is 11.9. The van der Waals surface area contributed by atoms with Crippen LogP contribution in [0.1, 0.15) is 25.4 Å². The molecule has 0 bridgehead atoms. The van der Waals surface area contributed by atoms with Crippen LogP contribution in [0.4, 0.5) is 11.6 Å². The molecular weight excluding hydrogens is 256 g/mol. The molecule has 0 amide bonds.